The quantitative estimate of drug-likeness (QED) is 0.716. The van der Waals surface area contributed by atoms with E-state index in [9.17, 15) is 4.79 Å². The van der Waals surface area contributed by atoms with Crippen LogP contribution in [0.25, 0.3) is 10.2 Å². The number of nitrogens with zero attached hydrogens (tertiary/aromatic N) is 3. The van der Waals surface area contributed by atoms with E-state index in [1.807, 2.05) is 43.4 Å². The summed E-state index contributed by atoms with van der Waals surface area (Å²) < 4.78 is 1.15. The maximum absolute atomic E-state index is 12.4. The lowest BCUT2D eigenvalue weighted by atomic mass is 10.2. The third kappa shape index (κ3) is 4.32. The van der Waals surface area contributed by atoms with Crippen LogP contribution in [0.2, 0.25) is 0 Å². The van der Waals surface area contributed by atoms with Gasteiger partial charge in [0.05, 0.1) is 16.8 Å². The molecule has 3 aromatic rings. The van der Waals surface area contributed by atoms with Crippen LogP contribution in [-0.2, 0) is 6.54 Å². The molecular formula is C20H24N4OS. The third-order valence-electron chi connectivity index (χ3n) is 4.43. The standard InChI is InChI=1S/C20H24N4OS/c1-15(24(3)16-9-5-4-6-10-16)13-21-20(25)23(2)14-19-22-17-11-7-8-12-18(17)26-19/h4-12,15H,13-14H2,1-3H3,(H,21,25). The second-order valence-electron chi connectivity index (χ2n) is 6.41. The Morgan fingerprint density at radius 1 is 1.12 bits per heavy atom. The number of urea groups is 1. The summed E-state index contributed by atoms with van der Waals surface area (Å²) in [5, 5.41) is 3.95. The maximum atomic E-state index is 12.4. The summed E-state index contributed by atoms with van der Waals surface area (Å²) in [6.07, 6.45) is 0. The van der Waals surface area contributed by atoms with Crippen LogP contribution in [-0.4, -0.2) is 42.6 Å². The van der Waals surface area contributed by atoms with E-state index in [1.165, 1.54) is 0 Å². The Labute approximate surface area is 158 Å². The van der Waals surface area contributed by atoms with Gasteiger partial charge >= 0.3 is 6.03 Å². The number of fused-ring (bicyclic) bond motifs is 1. The predicted octanol–water partition coefficient (Wildman–Crippen LogP) is 3.96. The van der Waals surface area contributed by atoms with Gasteiger partial charge in [-0.05, 0) is 31.2 Å². The molecule has 1 unspecified atom stereocenters. The van der Waals surface area contributed by atoms with Crippen LogP contribution >= 0.6 is 11.3 Å². The number of anilines is 1. The molecule has 0 aliphatic rings. The first-order valence-corrected chi connectivity index (χ1v) is 9.47. The summed E-state index contributed by atoms with van der Waals surface area (Å²) in [4.78, 5) is 20.8. The Kier molecular flexibility index (Phi) is 5.73. The number of carbonyl (C=O) groups excluding carboxylic acids is 1. The van der Waals surface area contributed by atoms with E-state index >= 15 is 0 Å². The average molecular weight is 369 g/mol. The largest absolute Gasteiger partial charge is 0.370 e. The normalized spacial score (nSPS) is 12.0. The summed E-state index contributed by atoms with van der Waals surface area (Å²) >= 11 is 1.63. The zero-order valence-electron chi connectivity index (χ0n) is 15.3. The molecule has 6 heteroatoms. The summed E-state index contributed by atoms with van der Waals surface area (Å²) in [7, 11) is 3.84. The molecule has 2 aromatic carbocycles. The first kappa shape index (κ1) is 18.2. The molecule has 0 saturated heterocycles. The van der Waals surface area contributed by atoms with Gasteiger partial charge in [0, 0.05) is 32.4 Å². The van der Waals surface area contributed by atoms with Gasteiger partial charge in [-0.3, -0.25) is 0 Å². The fraction of sp³-hybridized carbons (Fsp3) is 0.300. The molecule has 26 heavy (non-hydrogen) atoms. The Morgan fingerprint density at radius 3 is 2.54 bits per heavy atom. The molecule has 136 valence electrons. The van der Waals surface area contributed by atoms with Crippen LogP contribution in [0, 0.1) is 0 Å². The van der Waals surface area contributed by atoms with Crippen molar-refractivity contribution in [3.63, 3.8) is 0 Å². The monoisotopic (exact) mass is 368 g/mol. The molecule has 0 aliphatic carbocycles. The number of benzene rings is 2. The molecule has 0 radical (unpaired) electrons. The topological polar surface area (TPSA) is 48.5 Å². The van der Waals surface area contributed by atoms with Crippen molar-refractivity contribution in [3.05, 3.63) is 59.6 Å². The molecule has 2 amide bonds. The Morgan fingerprint density at radius 2 is 1.81 bits per heavy atom. The van der Waals surface area contributed by atoms with E-state index in [-0.39, 0.29) is 12.1 Å². The van der Waals surface area contributed by atoms with Gasteiger partial charge in [-0.15, -0.1) is 11.3 Å². The number of rotatable bonds is 6. The second kappa shape index (κ2) is 8.19. The first-order valence-electron chi connectivity index (χ1n) is 8.66. The van der Waals surface area contributed by atoms with E-state index in [0.717, 1.165) is 20.9 Å². The van der Waals surface area contributed by atoms with Crippen molar-refractivity contribution in [3.8, 4) is 0 Å². The lowest BCUT2D eigenvalue weighted by Gasteiger charge is -2.28. The van der Waals surface area contributed by atoms with E-state index in [1.54, 1.807) is 23.3 Å². The van der Waals surface area contributed by atoms with Crippen molar-refractivity contribution < 1.29 is 4.79 Å². The van der Waals surface area contributed by atoms with Gasteiger partial charge < -0.3 is 15.1 Å². The number of hydrogen-bond donors (Lipinski definition) is 1. The van der Waals surface area contributed by atoms with Crippen molar-refractivity contribution in [2.24, 2.45) is 0 Å². The van der Waals surface area contributed by atoms with E-state index in [4.69, 9.17) is 0 Å². The van der Waals surface area contributed by atoms with Crippen molar-refractivity contribution in [1.29, 1.82) is 0 Å². The highest BCUT2D eigenvalue weighted by Crippen LogP contribution is 2.22. The first-order chi connectivity index (χ1) is 12.5. The molecule has 0 fully saturated rings. The number of aromatic nitrogens is 1. The fourth-order valence-electron chi connectivity index (χ4n) is 2.69. The van der Waals surface area contributed by atoms with Crippen LogP contribution in [0.5, 0.6) is 0 Å². The lowest BCUT2D eigenvalue weighted by Crippen LogP contribution is -2.44. The molecule has 0 aliphatic heterocycles. The van der Waals surface area contributed by atoms with Crippen LogP contribution in [0.1, 0.15) is 11.9 Å². The third-order valence-corrected chi connectivity index (χ3v) is 5.45. The Hall–Kier alpha value is -2.60. The number of hydrogen-bond acceptors (Lipinski definition) is 4. The number of nitrogens with one attached hydrogen (secondary N) is 1. The number of likely N-dealkylation sites (N-methyl/N-ethyl adjacent to an activating group) is 1. The van der Waals surface area contributed by atoms with E-state index in [0.29, 0.717) is 13.1 Å². The summed E-state index contributed by atoms with van der Waals surface area (Å²) in [5.41, 5.74) is 2.12. The minimum atomic E-state index is -0.0856. The molecule has 1 aromatic heterocycles. The lowest BCUT2D eigenvalue weighted by molar-refractivity contribution is 0.206. The molecule has 1 atom stereocenters. The summed E-state index contributed by atoms with van der Waals surface area (Å²) in [5.74, 6) is 0. The van der Waals surface area contributed by atoms with Crippen LogP contribution in [0.15, 0.2) is 54.6 Å². The highest BCUT2D eigenvalue weighted by molar-refractivity contribution is 7.18. The molecular weight excluding hydrogens is 344 g/mol. The Balaban J connectivity index is 1.52. The second-order valence-corrected chi connectivity index (χ2v) is 7.53. The highest BCUT2D eigenvalue weighted by Gasteiger charge is 2.15. The number of amides is 2. The number of thiazole rings is 1. The fourth-order valence-corrected chi connectivity index (χ4v) is 3.71. The molecule has 0 spiro atoms. The molecule has 1 heterocycles. The summed E-state index contributed by atoms with van der Waals surface area (Å²) in [6.45, 7) is 3.18. The number of carbonyl (C=O) groups is 1. The zero-order valence-corrected chi connectivity index (χ0v) is 16.2. The van der Waals surface area contributed by atoms with Crippen molar-refractivity contribution in [2.45, 2.75) is 19.5 Å². The van der Waals surface area contributed by atoms with E-state index < -0.39 is 0 Å². The highest BCUT2D eigenvalue weighted by atomic mass is 32.1. The smallest absolute Gasteiger partial charge is 0.317 e. The van der Waals surface area contributed by atoms with Gasteiger partial charge in [0.15, 0.2) is 0 Å². The minimum absolute atomic E-state index is 0.0856. The molecule has 3 rings (SSSR count). The van der Waals surface area contributed by atoms with Crippen LogP contribution in [0.3, 0.4) is 0 Å². The van der Waals surface area contributed by atoms with Gasteiger partial charge in [-0.2, -0.15) is 0 Å². The van der Waals surface area contributed by atoms with E-state index in [2.05, 4.69) is 40.3 Å². The van der Waals surface area contributed by atoms with Crippen LogP contribution in [0.4, 0.5) is 10.5 Å². The van der Waals surface area contributed by atoms with Crippen molar-refractivity contribution >= 4 is 33.3 Å². The van der Waals surface area contributed by atoms with Crippen molar-refractivity contribution in [1.82, 2.24) is 15.2 Å². The zero-order chi connectivity index (χ0) is 18.5. The van der Waals surface area contributed by atoms with Crippen LogP contribution < -0.4 is 10.2 Å². The Bertz CT molecular complexity index is 831. The van der Waals surface area contributed by atoms with Gasteiger partial charge in [-0.25, -0.2) is 9.78 Å². The van der Waals surface area contributed by atoms with Gasteiger partial charge in [-0.1, -0.05) is 30.3 Å². The van der Waals surface area contributed by atoms with Crippen molar-refractivity contribution in [2.75, 3.05) is 25.5 Å². The minimum Gasteiger partial charge on any atom is -0.370 e. The van der Waals surface area contributed by atoms with Gasteiger partial charge in [0.25, 0.3) is 0 Å². The SMILES string of the molecule is CC(CNC(=O)N(C)Cc1nc2ccccc2s1)N(C)c1ccccc1. The molecule has 0 bridgehead atoms. The molecule has 5 nitrogen and oxygen atoms in total. The van der Waals surface area contributed by atoms with Gasteiger partial charge in [0.1, 0.15) is 5.01 Å². The average Bonchev–Trinajstić information content (AvgIpc) is 3.08. The molecule has 1 N–H and O–H groups in total. The van der Waals surface area contributed by atoms with Gasteiger partial charge in [0.2, 0.25) is 0 Å². The maximum Gasteiger partial charge on any atom is 0.317 e. The summed E-state index contributed by atoms with van der Waals surface area (Å²) in [6, 6.07) is 18.3. The predicted molar refractivity (Wildman–Crippen MR) is 109 cm³/mol. The number of para-hydroxylation sites is 2. The molecule has 0 saturated carbocycles.